The van der Waals surface area contributed by atoms with E-state index in [1.807, 2.05) is 36.4 Å². The molecule has 9 aromatic rings. The van der Waals surface area contributed by atoms with Crippen molar-refractivity contribution in [1.82, 2.24) is 9.97 Å². The SMILES string of the molecule is ClCCl.[Cu+].c1ccc(-c2cc3ccccc3[n-]2)nc1.c1ccc([PH+](c2ccccc2)c2ccccc2Oc2ccccc2[PH+](c2ccccc2)c2ccccc2)cc1. The van der Waals surface area contributed by atoms with Crippen LogP contribution in [-0.2, 0) is 17.1 Å². The molecule has 0 atom stereocenters. The van der Waals surface area contributed by atoms with E-state index >= 15 is 0 Å². The minimum absolute atomic E-state index is 0. The summed E-state index contributed by atoms with van der Waals surface area (Å²) in [6.07, 6.45) is 1.79. The van der Waals surface area contributed by atoms with Gasteiger partial charge in [-0.2, -0.15) is 0 Å². The van der Waals surface area contributed by atoms with Crippen LogP contribution in [0.25, 0.3) is 22.3 Å². The van der Waals surface area contributed by atoms with Crippen LogP contribution in [0, 0.1) is 0 Å². The van der Waals surface area contributed by atoms with Gasteiger partial charge in [-0.3, -0.25) is 4.98 Å². The molecule has 0 saturated carbocycles. The van der Waals surface area contributed by atoms with Crippen molar-refractivity contribution >= 4 is 81.8 Å². The number of benzene rings is 7. The summed E-state index contributed by atoms with van der Waals surface area (Å²) in [5.41, 5.74) is 2.89. The molecule has 0 bridgehead atoms. The average Bonchev–Trinajstić information content (AvgIpc) is 3.72. The van der Waals surface area contributed by atoms with Crippen molar-refractivity contribution in [3.8, 4) is 22.9 Å². The Morgan fingerprint density at radius 2 is 0.828 bits per heavy atom. The molecule has 2 heterocycles. The number of aromatic nitrogens is 2. The number of alkyl halides is 2. The van der Waals surface area contributed by atoms with Crippen LogP contribution in [0.3, 0.4) is 0 Å². The normalized spacial score (nSPS) is 10.5. The molecule has 0 radical (unpaired) electrons. The number of para-hydroxylation sites is 3. The maximum absolute atomic E-state index is 6.94. The summed E-state index contributed by atoms with van der Waals surface area (Å²) in [5, 5.41) is 9.24. The summed E-state index contributed by atoms with van der Waals surface area (Å²) in [7, 11) is -2.56. The second kappa shape index (κ2) is 22.2. The number of rotatable bonds is 9. The molecule has 0 unspecified atom stereocenters. The maximum Gasteiger partial charge on any atom is 1.00 e. The van der Waals surface area contributed by atoms with Crippen LogP contribution in [0.2, 0.25) is 0 Å². The fourth-order valence-corrected chi connectivity index (χ4v) is 12.0. The van der Waals surface area contributed by atoms with E-state index in [9.17, 15) is 0 Å². The molecule has 2 aromatic heterocycles. The Morgan fingerprint density at radius 1 is 0.448 bits per heavy atom. The number of ether oxygens (including phenoxy) is 1. The van der Waals surface area contributed by atoms with Crippen LogP contribution >= 0.6 is 39.0 Å². The van der Waals surface area contributed by atoms with Crippen LogP contribution in [-0.4, -0.2) is 10.3 Å². The summed E-state index contributed by atoms with van der Waals surface area (Å²) in [6.45, 7) is 0. The van der Waals surface area contributed by atoms with Crippen molar-refractivity contribution in [2.45, 2.75) is 0 Å². The zero-order valence-corrected chi connectivity index (χ0v) is 35.9. The smallest absolute Gasteiger partial charge is 0.656 e. The Kier molecular flexibility index (Phi) is 16.3. The first-order valence-electron chi connectivity index (χ1n) is 18.6. The molecule has 0 fully saturated rings. The van der Waals surface area contributed by atoms with E-state index in [1.54, 1.807) is 6.20 Å². The molecule has 0 aliphatic heterocycles. The van der Waals surface area contributed by atoms with Crippen molar-refractivity contribution in [2.75, 3.05) is 5.34 Å². The molecule has 0 spiro atoms. The van der Waals surface area contributed by atoms with Gasteiger partial charge in [-0.05, 0) is 90.3 Å². The van der Waals surface area contributed by atoms with E-state index in [0.29, 0.717) is 0 Å². The van der Waals surface area contributed by atoms with Gasteiger partial charge in [-0.1, -0.05) is 133 Å². The van der Waals surface area contributed by atoms with Crippen molar-refractivity contribution in [3.63, 3.8) is 0 Å². The van der Waals surface area contributed by atoms with Gasteiger partial charge in [0.15, 0.2) is 11.5 Å². The van der Waals surface area contributed by atoms with Crippen molar-refractivity contribution in [3.05, 3.63) is 225 Å². The molecular weight excluding hydrogens is 841 g/mol. The topological polar surface area (TPSA) is 36.2 Å². The molecular formula is C50H41Cl2CuN2OP2+2. The van der Waals surface area contributed by atoms with E-state index in [0.717, 1.165) is 33.8 Å². The summed E-state index contributed by atoms with van der Waals surface area (Å²) < 4.78 is 6.94. The number of pyridine rings is 1. The molecule has 0 aliphatic rings. The van der Waals surface area contributed by atoms with Gasteiger partial charge in [0.1, 0.15) is 47.7 Å². The zero-order valence-electron chi connectivity index (χ0n) is 31.4. The number of nitrogens with zero attached hydrogens (tertiary/aromatic N) is 2. The van der Waals surface area contributed by atoms with Gasteiger partial charge in [0.25, 0.3) is 0 Å². The molecule has 8 heteroatoms. The third-order valence-electron chi connectivity index (χ3n) is 9.18. The van der Waals surface area contributed by atoms with Gasteiger partial charge in [-0.25, -0.2) is 0 Å². The Morgan fingerprint density at radius 3 is 1.24 bits per heavy atom. The second-order valence-corrected chi connectivity index (χ2v) is 18.5. The summed E-state index contributed by atoms with van der Waals surface area (Å²) in [5.74, 6) is 1.85. The van der Waals surface area contributed by atoms with Gasteiger partial charge in [0.05, 0.1) is 5.34 Å². The predicted octanol–water partition coefficient (Wildman–Crippen LogP) is 10.7. The Hall–Kier alpha value is -5.01. The van der Waals surface area contributed by atoms with Crippen molar-refractivity contribution in [2.24, 2.45) is 0 Å². The number of hydrogen-bond acceptors (Lipinski definition) is 2. The Balaban J connectivity index is 0.000000247. The number of fused-ring (bicyclic) bond motifs is 1. The molecule has 0 saturated heterocycles. The molecule has 9 rings (SSSR count). The van der Waals surface area contributed by atoms with Crippen LogP contribution in [0.1, 0.15) is 0 Å². The fraction of sp³-hybridized carbons (Fsp3) is 0.0200. The summed E-state index contributed by atoms with van der Waals surface area (Å²) in [6, 6.07) is 76.6. The van der Waals surface area contributed by atoms with Crippen LogP contribution < -0.4 is 41.5 Å². The standard InChI is InChI=1S/C36H28OP2.C13H9N2.CH2Cl2.Cu/c1-5-17-29(18-6-1)38(30-19-7-2-8-20-30)35-27-15-13-25-33(35)37-34-26-14-16-28-36(34)39(31-21-9-3-10-22-31)32-23-11-4-12-24-32;1-2-6-11-10(5-1)9-13(15-11)12-7-3-4-8-14-12;2-1-3;/h1-28H;1-9H;1H2;/q;-1;;+1/p+2. The van der Waals surface area contributed by atoms with Gasteiger partial charge < -0.3 is 9.72 Å². The fourth-order valence-electron chi connectivity index (χ4n) is 6.68. The van der Waals surface area contributed by atoms with Crippen molar-refractivity contribution < 1.29 is 21.8 Å². The first-order chi connectivity index (χ1) is 28.2. The summed E-state index contributed by atoms with van der Waals surface area (Å²) in [4.78, 5) is 8.80. The van der Waals surface area contributed by atoms with Crippen LogP contribution in [0.4, 0.5) is 0 Å². The number of hydrogen-bond donors (Lipinski definition) is 0. The number of halogens is 2. The molecule has 58 heavy (non-hydrogen) atoms. The molecule has 7 aromatic carbocycles. The van der Waals surface area contributed by atoms with Crippen molar-refractivity contribution in [1.29, 1.82) is 0 Å². The summed E-state index contributed by atoms with van der Waals surface area (Å²) >= 11 is 9.53. The largest absolute Gasteiger partial charge is 1.00 e. The van der Waals surface area contributed by atoms with E-state index < -0.39 is 15.8 Å². The zero-order chi connectivity index (χ0) is 39.1. The Bertz CT molecular complexity index is 2330. The van der Waals surface area contributed by atoms with Crippen LogP contribution in [0.5, 0.6) is 11.5 Å². The first-order valence-corrected chi connectivity index (χ1v) is 22.7. The average molecular weight is 882 g/mol. The van der Waals surface area contributed by atoms with Gasteiger partial charge in [0, 0.05) is 11.9 Å². The second-order valence-electron chi connectivity index (χ2n) is 12.8. The monoisotopic (exact) mass is 880 g/mol. The molecule has 290 valence electrons. The first kappa shape index (κ1) is 42.6. The van der Waals surface area contributed by atoms with Gasteiger partial charge in [-0.15, -0.1) is 34.4 Å². The minimum Gasteiger partial charge on any atom is -0.656 e. The van der Waals surface area contributed by atoms with E-state index in [4.69, 9.17) is 27.9 Å². The van der Waals surface area contributed by atoms with E-state index in [-0.39, 0.29) is 22.4 Å². The van der Waals surface area contributed by atoms with E-state index in [1.165, 1.54) is 31.8 Å². The maximum atomic E-state index is 6.94. The third kappa shape index (κ3) is 10.9. The van der Waals surface area contributed by atoms with Gasteiger partial charge >= 0.3 is 17.1 Å². The predicted molar refractivity (Wildman–Crippen MR) is 250 cm³/mol. The van der Waals surface area contributed by atoms with Gasteiger partial charge in [0.2, 0.25) is 0 Å². The van der Waals surface area contributed by atoms with E-state index in [2.05, 4.69) is 192 Å². The minimum atomic E-state index is -1.28. The third-order valence-corrected chi connectivity index (χ3v) is 14.7. The molecule has 3 nitrogen and oxygen atoms in total. The molecule has 0 N–H and O–H groups in total. The quantitative estimate of drug-likeness (QED) is 0.0823. The van der Waals surface area contributed by atoms with Crippen LogP contribution in [0.15, 0.2) is 225 Å². The Labute approximate surface area is 364 Å². The molecule has 0 aliphatic carbocycles. The molecule has 0 amide bonds.